The zero-order chi connectivity index (χ0) is 18.2. The average Bonchev–Trinajstić information content (AvgIpc) is 2.63. The number of nitrogens with one attached hydrogen (secondary N) is 1. The number of rotatable bonds is 7. The van der Waals surface area contributed by atoms with Crippen molar-refractivity contribution in [2.75, 3.05) is 19.0 Å². The molecule has 25 heavy (non-hydrogen) atoms. The Morgan fingerprint density at radius 3 is 2.16 bits per heavy atom. The Labute approximate surface area is 146 Å². The molecular formula is C19H21NO5. The maximum atomic E-state index is 12.2. The minimum absolute atomic E-state index is 0.241. The van der Waals surface area contributed by atoms with E-state index in [9.17, 15) is 9.59 Å². The molecule has 0 aliphatic carbocycles. The molecular weight excluding hydrogens is 322 g/mol. The van der Waals surface area contributed by atoms with Crippen LogP contribution in [0.5, 0.6) is 11.5 Å². The minimum Gasteiger partial charge on any atom is -0.497 e. The SMILES string of the molecule is CCOC(=O)[C@@H](C)Oc1ccc(C(=O)Nc2ccc(OC)cc2)cc1. The molecule has 0 radical (unpaired) electrons. The van der Waals surface area contributed by atoms with E-state index < -0.39 is 12.1 Å². The Hall–Kier alpha value is -3.02. The van der Waals surface area contributed by atoms with Crippen molar-refractivity contribution in [2.45, 2.75) is 20.0 Å². The van der Waals surface area contributed by atoms with Crippen molar-refractivity contribution in [3.8, 4) is 11.5 Å². The van der Waals surface area contributed by atoms with Gasteiger partial charge in [0.05, 0.1) is 13.7 Å². The summed E-state index contributed by atoms with van der Waals surface area (Å²) >= 11 is 0. The first-order valence-electron chi connectivity index (χ1n) is 7.92. The molecule has 2 aromatic carbocycles. The van der Waals surface area contributed by atoms with Crippen molar-refractivity contribution < 1.29 is 23.8 Å². The monoisotopic (exact) mass is 343 g/mol. The van der Waals surface area contributed by atoms with Crippen LogP contribution < -0.4 is 14.8 Å². The number of benzene rings is 2. The van der Waals surface area contributed by atoms with Gasteiger partial charge in [-0.15, -0.1) is 0 Å². The summed E-state index contributed by atoms with van der Waals surface area (Å²) < 4.78 is 15.4. The summed E-state index contributed by atoms with van der Waals surface area (Å²) in [4.78, 5) is 23.8. The summed E-state index contributed by atoms with van der Waals surface area (Å²) in [7, 11) is 1.58. The van der Waals surface area contributed by atoms with Crippen LogP contribution in [0.4, 0.5) is 5.69 Å². The Morgan fingerprint density at radius 2 is 1.60 bits per heavy atom. The standard InChI is InChI=1S/C19H21NO5/c1-4-24-19(22)13(2)25-17-9-5-14(6-10-17)18(21)20-15-7-11-16(23-3)12-8-15/h5-13H,4H2,1-3H3,(H,20,21)/t13-/m1/s1. The van der Waals surface area contributed by atoms with E-state index in [2.05, 4.69) is 5.32 Å². The molecule has 0 saturated carbocycles. The van der Waals surface area contributed by atoms with E-state index >= 15 is 0 Å². The Morgan fingerprint density at radius 1 is 1.00 bits per heavy atom. The molecule has 2 aromatic rings. The van der Waals surface area contributed by atoms with Crippen molar-refractivity contribution in [3.05, 3.63) is 54.1 Å². The van der Waals surface area contributed by atoms with Gasteiger partial charge in [-0.1, -0.05) is 0 Å². The van der Waals surface area contributed by atoms with Crippen molar-refractivity contribution in [2.24, 2.45) is 0 Å². The Kier molecular flexibility index (Phi) is 6.39. The smallest absolute Gasteiger partial charge is 0.347 e. The van der Waals surface area contributed by atoms with Gasteiger partial charge in [-0.3, -0.25) is 4.79 Å². The van der Waals surface area contributed by atoms with Crippen LogP contribution in [0.1, 0.15) is 24.2 Å². The highest BCUT2D eigenvalue weighted by atomic mass is 16.6. The molecule has 0 aliphatic rings. The first-order chi connectivity index (χ1) is 12.0. The lowest BCUT2D eigenvalue weighted by atomic mass is 10.2. The van der Waals surface area contributed by atoms with Gasteiger partial charge < -0.3 is 19.5 Å². The second-order valence-electron chi connectivity index (χ2n) is 5.22. The number of methoxy groups -OCH3 is 1. The minimum atomic E-state index is -0.709. The maximum Gasteiger partial charge on any atom is 0.347 e. The predicted octanol–water partition coefficient (Wildman–Crippen LogP) is 3.28. The summed E-state index contributed by atoms with van der Waals surface area (Å²) in [6, 6.07) is 13.6. The van der Waals surface area contributed by atoms with Gasteiger partial charge >= 0.3 is 5.97 Å². The van der Waals surface area contributed by atoms with Crippen LogP contribution in [0.25, 0.3) is 0 Å². The number of hydrogen-bond acceptors (Lipinski definition) is 5. The number of hydrogen-bond donors (Lipinski definition) is 1. The molecule has 0 heterocycles. The fourth-order valence-corrected chi connectivity index (χ4v) is 2.07. The topological polar surface area (TPSA) is 73.9 Å². The van der Waals surface area contributed by atoms with Gasteiger partial charge in [-0.2, -0.15) is 0 Å². The molecule has 0 spiro atoms. The van der Waals surface area contributed by atoms with Gasteiger partial charge in [0, 0.05) is 11.3 Å². The fraction of sp³-hybridized carbons (Fsp3) is 0.263. The van der Waals surface area contributed by atoms with Crippen LogP contribution in [0.2, 0.25) is 0 Å². The molecule has 0 aliphatic heterocycles. The van der Waals surface area contributed by atoms with Crippen molar-refractivity contribution in [1.29, 1.82) is 0 Å². The summed E-state index contributed by atoms with van der Waals surface area (Å²) in [5, 5.41) is 2.80. The van der Waals surface area contributed by atoms with E-state index in [-0.39, 0.29) is 5.91 Å². The number of carbonyl (C=O) groups is 2. The van der Waals surface area contributed by atoms with E-state index in [1.165, 1.54) is 0 Å². The second kappa shape index (κ2) is 8.73. The summed E-state index contributed by atoms with van der Waals surface area (Å²) in [6.07, 6.45) is -0.709. The van der Waals surface area contributed by atoms with Crippen LogP contribution >= 0.6 is 0 Å². The number of carbonyl (C=O) groups excluding carboxylic acids is 2. The molecule has 0 aromatic heterocycles. The molecule has 6 heteroatoms. The fourth-order valence-electron chi connectivity index (χ4n) is 2.07. The second-order valence-corrected chi connectivity index (χ2v) is 5.22. The summed E-state index contributed by atoms with van der Waals surface area (Å²) in [5.41, 5.74) is 1.15. The highest BCUT2D eigenvalue weighted by Crippen LogP contribution is 2.18. The zero-order valence-corrected chi connectivity index (χ0v) is 14.4. The molecule has 0 unspecified atom stereocenters. The van der Waals surface area contributed by atoms with E-state index in [0.717, 1.165) is 5.75 Å². The number of anilines is 1. The molecule has 1 atom stereocenters. The molecule has 2 rings (SSSR count). The maximum absolute atomic E-state index is 12.2. The number of amides is 1. The highest BCUT2D eigenvalue weighted by molar-refractivity contribution is 6.04. The highest BCUT2D eigenvalue weighted by Gasteiger charge is 2.16. The number of esters is 1. The first kappa shape index (κ1) is 18.3. The van der Waals surface area contributed by atoms with E-state index in [0.29, 0.717) is 23.6 Å². The van der Waals surface area contributed by atoms with Gasteiger partial charge in [0.2, 0.25) is 0 Å². The van der Waals surface area contributed by atoms with Crippen molar-refractivity contribution >= 4 is 17.6 Å². The van der Waals surface area contributed by atoms with Crippen molar-refractivity contribution in [3.63, 3.8) is 0 Å². The predicted molar refractivity (Wildman–Crippen MR) is 94.1 cm³/mol. The van der Waals surface area contributed by atoms with E-state index in [1.807, 2.05) is 0 Å². The molecule has 0 fully saturated rings. The normalized spacial score (nSPS) is 11.3. The molecule has 0 bridgehead atoms. The Balaban J connectivity index is 1.96. The van der Waals surface area contributed by atoms with Crippen LogP contribution in [-0.4, -0.2) is 31.7 Å². The van der Waals surface area contributed by atoms with Crippen LogP contribution in [0.3, 0.4) is 0 Å². The summed E-state index contributed by atoms with van der Waals surface area (Å²) in [6.45, 7) is 3.65. The molecule has 0 saturated heterocycles. The van der Waals surface area contributed by atoms with E-state index in [4.69, 9.17) is 14.2 Å². The van der Waals surface area contributed by atoms with Gasteiger partial charge in [0.25, 0.3) is 5.91 Å². The van der Waals surface area contributed by atoms with Gasteiger partial charge in [0.15, 0.2) is 6.10 Å². The van der Waals surface area contributed by atoms with Crippen molar-refractivity contribution in [1.82, 2.24) is 0 Å². The summed E-state index contributed by atoms with van der Waals surface area (Å²) in [5.74, 6) is 0.538. The van der Waals surface area contributed by atoms with Gasteiger partial charge in [0.1, 0.15) is 11.5 Å². The van der Waals surface area contributed by atoms with Crippen LogP contribution in [-0.2, 0) is 9.53 Å². The Bertz CT molecular complexity index is 710. The lowest BCUT2D eigenvalue weighted by Crippen LogP contribution is -2.26. The molecule has 132 valence electrons. The quantitative estimate of drug-likeness (QED) is 0.781. The molecule has 1 amide bonds. The molecule has 1 N–H and O–H groups in total. The third-order valence-electron chi connectivity index (χ3n) is 3.40. The van der Waals surface area contributed by atoms with Crippen LogP contribution in [0, 0.1) is 0 Å². The lowest BCUT2D eigenvalue weighted by Gasteiger charge is -2.13. The van der Waals surface area contributed by atoms with Gasteiger partial charge in [-0.05, 0) is 62.4 Å². The molecule has 6 nitrogen and oxygen atoms in total. The van der Waals surface area contributed by atoms with Gasteiger partial charge in [-0.25, -0.2) is 4.79 Å². The lowest BCUT2D eigenvalue weighted by molar-refractivity contribution is -0.150. The number of ether oxygens (including phenoxy) is 3. The first-order valence-corrected chi connectivity index (χ1v) is 7.92. The average molecular weight is 343 g/mol. The largest absolute Gasteiger partial charge is 0.497 e. The van der Waals surface area contributed by atoms with Crippen LogP contribution in [0.15, 0.2) is 48.5 Å². The third kappa shape index (κ3) is 5.24. The van der Waals surface area contributed by atoms with E-state index in [1.54, 1.807) is 69.5 Å². The zero-order valence-electron chi connectivity index (χ0n) is 14.4. The third-order valence-corrected chi connectivity index (χ3v) is 3.40.